The first-order chi connectivity index (χ1) is 9.52. The van der Waals surface area contributed by atoms with Gasteiger partial charge in [0, 0.05) is 6.54 Å². The van der Waals surface area contributed by atoms with Gasteiger partial charge >= 0.3 is 0 Å². The number of carbonyl (C=O) groups excluding carboxylic acids is 2. The molecule has 7 nitrogen and oxygen atoms in total. The minimum atomic E-state index is -0.670. The van der Waals surface area contributed by atoms with Crippen molar-refractivity contribution >= 4 is 23.6 Å². The first-order valence-electron chi connectivity index (χ1n) is 6.39. The monoisotopic (exact) mass is 281 g/mol. The largest absolute Gasteiger partial charge is 0.354 e. The first kappa shape index (κ1) is 14.2. The maximum absolute atomic E-state index is 13.9. The number of piperazine rings is 1. The summed E-state index contributed by atoms with van der Waals surface area (Å²) in [6, 6.07) is -0.670. The maximum Gasteiger partial charge on any atom is 0.249 e. The molecule has 0 spiro atoms. The molecule has 1 aliphatic heterocycles. The summed E-state index contributed by atoms with van der Waals surface area (Å²) in [5, 5.41) is 5.13. The zero-order chi connectivity index (χ0) is 14.7. The highest BCUT2D eigenvalue weighted by Crippen LogP contribution is 2.21. The van der Waals surface area contributed by atoms with Gasteiger partial charge in [-0.25, -0.2) is 9.37 Å². The summed E-state index contributed by atoms with van der Waals surface area (Å²) in [4.78, 5) is 32.2. The molecule has 0 bridgehead atoms. The third kappa shape index (κ3) is 2.84. The molecule has 1 atom stereocenters. The molecular formula is C12H16FN5O2. The molecule has 1 saturated heterocycles. The Labute approximate surface area is 115 Å². The molecule has 1 aliphatic rings. The highest BCUT2D eigenvalue weighted by Gasteiger charge is 2.32. The number of rotatable bonds is 4. The second kappa shape index (κ2) is 5.81. The van der Waals surface area contributed by atoms with Crippen LogP contribution in [0.15, 0.2) is 6.20 Å². The van der Waals surface area contributed by atoms with Crippen molar-refractivity contribution in [1.29, 1.82) is 0 Å². The zero-order valence-corrected chi connectivity index (χ0v) is 11.3. The van der Waals surface area contributed by atoms with Gasteiger partial charge in [-0.2, -0.15) is 4.98 Å². The lowest BCUT2D eigenvalue weighted by Crippen LogP contribution is -2.57. The fraction of sp³-hybridized carbons (Fsp3) is 0.500. The highest BCUT2D eigenvalue weighted by atomic mass is 19.1. The van der Waals surface area contributed by atoms with Crippen molar-refractivity contribution in [3.8, 4) is 0 Å². The van der Waals surface area contributed by atoms with Crippen LogP contribution in [0.2, 0.25) is 0 Å². The van der Waals surface area contributed by atoms with E-state index < -0.39 is 23.7 Å². The van der Waals surface area contributed by atoms with Crippen molar-refractivity contribution in [2.24, 2.45) is 0 Å². The van der Waals surface area contributed by atoms with Gasteiger partial charge in [-0.1, -0.05) is 6.92 Å². The van der Waals surface area contributed by atoms with Gasteiger partial charge in [0.2, 0.25) is 17.8 Å². The van der Waals surface area contributed by atoms with Gasteiger partial charge < -0.3 is 10.2 Å². The second-order valence-electron chi connectivity index (χ2n) is 4.51. The van der Waals surface area contributed by atoms with Crippen LogP contribution < -0.4 is 15.5 Å². The number of halogens is 1. The smallest absolute Gasteiger partial charge is 0.249 e. The molecule has 1 aromatic heterocycles. The summed E-state index contributed by atoms with van der Waals surface area (Å²) in [6.07, 6.45) is 1.90. The van der Waals surface area contributed by atoms with E-state index in [1.165, 1.54) is 4.90 Å². The van der Waals surface area contributed by atoms with Crippen LogP contribution in [0.25, 0.3) is 0 Å². The van der Waals surface area contributed by atoms with Crippen LogP contribution >= 0.6 is 0 Å². The fourth-order valence-electron chi connectivity index (χ4n) is 1.85. The lowest BCUT2D eigenvalue weighted by molar-refractivity contribution is -0.132. The van der Waals surface area contributed by atoms with Crippen molar-refractivity contribution in [1.82, 2.24) is 15.3 Å². The number of carbonyl (C=O) groups is 2. The van der Waals surface area contributed by atoms with E-state index in [9.17, 15) is 14.0 Å². The Morgan fingerprint density at radius 1 is 1.55 bits per heavy atom. The molecule has 2 heterocycles. The van der Waals surface area contributed by atoms with Crippen molar-refractivity contribution in [3.05, 3.63) is 12.0 Å². The third-order valence-corrected chi connectivity index (χ3v) is 2.95. The number of amides is 2. The van der Waals surface area contributed by atoms with Crippen molar-refractivity contribution in [2.45, 2.75) is 26.3 Å². The molecule has 2 rings (SSSR count). The van der Waals surface area contributed by atoms with Crippen LogP contribution in [0, 0.1) is 5.82 Å². The van der Waals surface area contributed by atoms with Crippen LogP contribution in [0.1, 0.15) is 20.3 Å². The molecule has 1 unspecified atom stereocenters. The number of nitrogens with zero attached hydrogens (tertiary/aromatic N) is 3. The zero-order valence-electron chi connectivity index (χ0n) is 11.3. The van der Waals surface area contributed by atoms with Gasteiger partial charge in [-0.05, 0) is 13.3 Å². The number of anilines is 2. The number of nitrogens with one attached hydrogen (secondary N) is 2. The highest BCUT2D eigenvalue weighted by molar-refractivity contribution is 6.04. The Hall–Kier alpha value is -2.25. The quantitative estimate of drug-likeness (QED) is 0.771. The Bertz CT molecular complexity index is 537. The van der Waals surface area contributed by atoms with Crippen molar-refractivity contribution < 1.29 is 14.0 Å². The van der Waals surface area contributed by atoms with E-state index in [0.29, 0.717) is 6.54 Å². The molecule has 0 saturated carbocycles. The fourth-order valence-corrected chi connectivity index (χ4v) is 1.85. The van der Waals surface area contributed by atoms with Gasteiger partial charge in [-0.15, -0.1) is 0 Å². The van der Waals surface area contributed by atoms with E-state index in [0.717, 1.165) is 12.6 Å². The third-order valence-electron chi connectivity index (χ3n) is 2.95. The molecular weight excluding hydrogens is 265 g/mol. The molecule has 0 radical (unpaired) electrons. The minimum Gasteiger partial charge on any atom is -0.354 e. The summed E-state index contributed by atoms with van der Waals surface area (Å²) < 4.78 is 13.9. The van der Waals surface area contributed by atoms with E-state index in [1.807, 2.05) is 6.92 Å². The number of imide groups is 1. The van der Waals surface area contributed by atoms with Crippen LogP contribution in [-0.4, -0.2) is 40.9 Å². The van der Waals surface area contributed by atoms with E-state index in [2.05, 4.69) is 20.6 Å². The van der Waals surface area contributed by atoms with Gasteiger partial charge in [0.05, 0.1) is 12.7 Å². The first-order valence-corrected chi connectivity index (χ1v) is 6.39. The molecule has 2 N–H and O–H groups in total. The van der Waals surface area contributed by atoms with Crippen LogP contribution in [0.5, 0.6) is 0 Å². The van der Waals surface area contributed by atoms with E-state index in [1.54, 1.807) is 6.92 Å². The Kier molecular flexibility index (Phi) is 4.11. The van der Waals surface area contributed by atoms with Gasteiger partial charge in [0.25, 0.3) is 0 Å². The summed E-state index contributed by atoms with van der Waals surface area (Å²) in [7, 11) is 0. The molecule has 0 aromatic carbocycles. The summed E-state index contributed by atoms with van der Waals surface area (Å²) >= 11 is 0. The normalized spacial score (nSPS) is 18.9. The predicted octanol–water partition coefficient (Wildman–Crippen LogP) is 0.289. The van der Waals surface area contributed by atoms with E-state index in [-0.39, 0.29) is 18.3 Å². The SMILES string of the molecule is CCCNc1ncc(F)c(N2CC(=O)NC(=O)C2C)n1. The van der Waals surface area contributed by atoms with Crippen molar-refractivity contribution in [3.63, 3.8) is 0 Å². The Morgan fingerprint density at radius 2 is 2.30 bits per heavy atom. The molecule has 0 aliphatic carbocycles. The van der Waals surface area contributed by atoms with Gasteiger partial charge in [-0.3, -0.25) is 14.9 Å². The lowest BCUT2D eigenvalue weighted by atomic mass is 10.2. The summed E-state index contributed by atoms with van der Waals surface area (Å²) in [5.41, 5.74) is 0. The standard InChI is InChI=1S/C12H16FN5O2/c1-3-4-14-12-15-5-8(13)10(17-12)18-6-9(19)16-11(20)7(18)2/h5,7H,3-4,6H2,1-2H3,(H,14,15,17)(H,16,19,20). The predicted molar refractivity (Wildman–Crippen MR) is 70.7 cm³/mol. The lowest BCUT2D eigenvalue weighted by Gasteiger charge is -2.32. The maximum atomic E-state index is 13.9. The van der Waals surface area contributed by atoms with Crippen LogP contribution in [0.4, 0.5) is 16.2 Å². The van der Waals surface area contributed by atoms with Crippen LogP contribution in [-0.2, 0) is 9.59 Å². The average Bonchev–Trinajstić information content (AvgIpc) is 2.42. The minimum absolute atomic E-state index is 0.0469. The number of hydrogen-bond donors (Lipinski definition) is 2. The summed E-state index contributed by atoms with van der Waals surface area (Å²) in [6.45, 7) is 4.10. The topological polar surface area (TPSA) is 87.2 Å². The Balaban J connectivity index is 2.30. The molecule has 108 valence electrons. The van der Waals surface area contributed by atoms with Crippen LogP contribution in [0.3, 0.4) is 0 Å². The molecule has 8 heteroatoms. The number of hydrogen-bond acceptors (Lipinski definition) is 6. The van der Waals surface area contributed by atoms with E-state index in [4.69, 9.17) is 0 Å². The van der Waals surface area contributed by atoms with Gasteiger partial charge in [0.15, 0.2) is 11.6 Å². The van der Waals surface area contributed by atoms with Gasteiger partial charge in [0.1, 0.15) is 6.04 Å². The molecule has 20 heavy (non-hydrogen) atoms. The average molecular weight is 281 g/mol. The second-order valence-corrected chi connectivity index (χ2v) is 4.51. The number of aromatic nitrogens is 2. The van der Waals surface area contributed by atoms with Crippen molar-refractivity contribution in [2.75, 3.05) is 23.3 Å². The summed E-state index contributed by atoms with van der Waals surface area (Å²) in [5.74, 6) is -1.39. The van der Waals surface area contributed by atoms with E-state index >= 15 is 0 Å². The molecule has 1 aromatic rings. The molecule has 1 fully saturated rings. The molecule has 2 amide bonds. The Morgan fingerprint density at radius 3 is 3.00 bits per heavy atom.